The van der Waals surface area contributed by atoms with Gasteiger partial charge in [-0.3, -0.25) is 9.59 Å². The molecule has 3 aliphatic rings. The Kier molecular flexibility index (Phi) is 7.66. The van der Waals surface area contributed by atoms with E-state index in [-0.39, 0.29) is 17.7 Å². The highest BCUT2D eigenvalue weighted by Gasteiger charge is 2.37. The molecule has 1 saturated carbocycles. The van der Waals surface area contributed by atoms with Gasteiger partial charge in [0.2, 0.25) is 5.91 Å². The molecule has 35 heavy (non-hydrogen) atoms. The van der Waals surface area contributed by atoms with Crippen molar-refractivity contribution in [1.82, 2.24) is 9.80 Å². The molecule has 2 aromatic carbocycles. The normalized spacial score (nSPS) is 21.5. The summed E-state index contributed by atoms with van der Waals surface area (Å²) in [5, 5.41) is 1.13. The third-order valence-electron chi connectivity index (χ3n) is 7.81. The Balaban J connectivity index is 1.27. The van der Waals surface area contributed by atoms with Crippen molar-refractivity contribution in [3.63, 3.8) is 0 Å². The van der Waals surface area contributed by atoms with Gasteiger partial charge in [0.1, 0.15) is 0 Å². The lowest BCUT2D eigenvalue weighted by Gasteiger charge is -2.27. The van der Waals surface area contributed by atoms with Gasteiger partial charge in [0, 0.05) is 53.3 Å². The third-order valence-corrected chi connectivity index (χ3v) is 8.49. The van der Waals surface area contributed by atoms with Gasteiger partial charge in [0.05, 0.1) is 13.2 Å². The number of likely N-dealkylation sites (tertiary alicyclic amines) is 1. The van der Waals surface area contributed by atoms with Crippen molar-refractivity contribution in [3.8, 4) is 11.1 Å². The van der Waals surface area contributed by atoms with Crippen LogP contribution in [0.2, 0.25) is 10.0 Å². The van der Waals surface area contributed by atoms with E-state index in [2.05, 4.69) is 0 Å². The van der Waals surface area contributed by atoms with Gasteiger partial charge in [-0.2, -0.15) is 0 Å². The van der Waals surface area contributed by atoms with E-state index in [1.165, 1.54) is 32.1 Å². The summed E-state index contributed by atoms with van der Waals surface area (Å²) in [6, 6.07) is 11.3. The fourth-order valence-electron chi connectivity index (χ4n) is 5.76. The van der Waals surface area contributed by atoms with Crippen molar-refractivity contribution < 1.29 is 14.3 Å². The van der Waals surface area contributed by atoms with Gasteiger partial charge in [-0.15, -0.1) is 0 Å². The third kappa shape index (κ3) is 5.37. The molecule has 1 unspecified atom stereocenters. The van der Waals surface area contributed by atoms with Crippen LogP contribution in [-0.4, -0.2) is 54.5 Å². The van der Waals surface area contributed by atoms with E-state index in [1.807, 2.05) is 46.2 Å². The maximum atomic E-state index is 13.1. The summed E-state index contributed by atoms with van der Waals surface area (Å²) >= 11 is 13.4. The van der Waals surface area contributed by atoms with Gasteiger partial charge in [0.25, 0.3) is 5.91 Å². The molecule has 2 saturated heterocycles. The average molecular weight is 515 g/mol. The number of rotatable bonds is 5. The zero-order valence-corrected chi connectivity index (χ0v) is 21.5. The van der Waals surface area contributed by atoms with E-state index in [0.717, 1.165) is 29.7 Å². The minimum atomic E-state index is 0.0214. The molecule has 0 aromatic heterocycles. The number of nitrogens with zero attached hydrogens (tertiary/aromatic N) is 2. The monoisotopic (exact) mass is 514 g/mol. The van der Waals surface area contributed by atoms with Crippen LogP contribution in [0, 0.1) is 11.8 Å². The van der Waals surface area contributed by atoms with Crippen LogP contribution in [-0.2, 0) is 16.1 Å². The first-order chi connectivity index (χ1) is 17.0. The highest BCUT2D eigenvalue weighted by atomic mass is 35.5. The lowest BCUT2D eigenvalue weighted by molar-refractivity contribution is -0.133. The smallest absolute Gasteiger partial charge is 0.254 e. The largest absolute Gasteiger partial charge is 0.378 e. The molecule has 5 nitrogen and oxygen atoms in total. The van der Waals surface area contributed by atoms with Crippen molar-refractivity contribution in [2.45, 2.75) is 45.1 Å². The molecule has 5 rings (SSSR count). The lowest BCUT2D eigenvalue weighted by atomic mass is 9.79. The fraction of sp³-hybridized carbons (Fsp3) is 0.500. The average Bonchev–Trinajstić information content (AvgIpc) is 3.26. The first kappa shape index (κ1) is 24.6. The summed E-state index contributed by atoms with van der Waals surface area (Å²) in [5.41, 5.74) is 3.29. The topological polar surface area (TPSA) is 49.9 Å². The van der Waals surface area contributed by atoms with Gasteiger partial charge in [0.15, 0.2) is 0 Å². The molecule has 1 aliphatic carbocycles. The van der Waals surface area contributed by atoms with E-state index >= 15 is 0 Å². The predicted molar refractivity (Wildman–Crippen MR) is 139 cm³/mol. The minimum Gasteiger partial charge on any atom is -0.378 e. The van der Waals surface area contributed by atoms with Crippen molar-refractivity contribution in [2.75, 3.05) is 32.8 Å². The summed E-state index contributed by atoms with van der Waals surface area (Å²) in [6.07, 6.45) is 7.08. The molecule has 2 heterocycles. The molecule has 0 N–H and O–H groups in total. The van der Waals surface area contributed by atoms with Gasteiger partial charge in [-0.1, -0.05) is 54.6 Å². The molecule has 186 valence electrons. The molecule has 3 fully saturated rings. The van der Waals surface area contributed by atoms with Crippen LogP contribution < -0.4 is 0 Å². The van der Waals surface area contributed by atoms with Gasteiger partial charge < -0.3 is 14.5 Å². The van der Waals surface area contributed by atoms with Crippen molar-refractivity contribution in [1.29, 1.82) is 0 Å². The molecular formula is C28H32Cl2N2O3. The van der Waals surface area contributed by atoms with Crippen molar-refractivity contribution in [2.24, 2.45) is 11.8 Å². The SMILES string of the molecule is O=C(c1ccc(-c2cc(Cl)c(CN3CCC(C4CCCCC4)C3=O)c(Cl)c2)cc1)N1CCOCC1. The second kappa shape index (κ2) is 10.9. The first-order valence-corrected chi connectivity index (χ1v) is 13.5. The molecule has 0 radical (unpaired) electrons. The molecule has 0 spiro atoms. The van der Waals surface area contributed by atoms with Crippen LogP contribution in [0.3, 0.4) is 0 Å². The van der Waals surface area contributed by atoms with Crippen LogP contribution in [0.1, 0.15) is 54.4 Å². The van der Waals surface area contributed by atoms with Crippen LogP contribution >= 0.6 is 23.2 Å². The molecule has 2 amide bonds. The summed E-state index contributed by atoms with van der Waals surface area (Å²) in [4.78, 5) is 29.6. The highest BCUT2D eigenvalue weighted by Crippen LogP contribution is 2.38. The van der Waals surface area contributed by atoms with E-state index in [4.69, 9.17) is 27.9 Å². The van der Waals surface area contributed by atoms with E-state index < -0.39 is 0 Å². The van der Waals surface area contributed by atoms with E-state index in [1.54, 1.807) is 0 Å². The lowest BCUT2D eigenvalue weighted by Crippen LogP contribution is -2.40. The first-order valence-electron chi connectivity index (χ1n) is 12.8. The quantitative estimate of drug-likeness (QED) is 0.486. The number of carbonyl (C=O) groups is 2. The Hall–Kier alpha value is -2.08. The van der Waals surface area contributed by atoms with Crippen LogP contribution in [0.5, 0.6) is 0 Å². The number of hydrogen-bond acceptors (Lipinski definition) is 3. The maximum absolute atomic E-state index is 13.1. The summed E-state index contributed by atoms with van der Waals surface area (Å²) in [7, 11) is 0. The number of benzene rings is 2. The molecule has 1 atom stereocenters. The molecule has 2 aliphatic heterocycles. The minimum absolute atomic E-state index is 0.0214. The summed E-state index contributed by atoms with van der Waals surface area (Å²) in [5.74, 6) is 0.972. The Morgan fingerprint density at radius 3 is 2.20 bits per heavy atom. The van der Waals surface area contributed by atoms with Gasteiger partial charge in [-0.05, 0) is 60.6 Å². The predicted octanol–water partition coefficient (Wildman–Crippen LogP) is 6.06. The second-order valence-corrected chi connectivity index (χ2v) is 10.8. The van der Waals surface area contributed by atoms with Gasteiger partial charge in [-0.25, -0.2) is 0 Å². The molecule has 2 aromatic rings. The van der Waals surface area contributed by atoms with Crippen LogP contribution in [0.4, 0.5) is 0 Å². The number of ether oxygens (including phenoxy) is 1. The number of carbonyl (C=O) groups excluding carboxylic acids is 2. The maximum Gasteiger partial charge on any atom is 0.254 e. The number of amides is 2. The van der Waals surface area contributed by atoms with Crippen LogP contribution in [0.15, 0.2) is 36.4 Å². The van der Waals surface area contributed by atoms with Crippen molar-refractivity contribution >= 4 is 35.0 Å². The Morgan fingerprint density at radius 2 is 1.54 bits per heavy atom. The standard InChI is InChI=1S/C28H32Cl2N2O3/c29-25-16-22(19-6-8-21(9-7-19)27(33)31-12-14-35-15-13-31)17-26(30)24(25)18-32-11-10-23(28(32)34)20-4-2-1-3-5-20/h6-9,16-17,20,23H,1-5,10-15,18H2. The number of halogens is 2. The molecular weight excluding hydrogens is 483 g/mol. The van der Waals surface area contributed by atoms with E-state index in [0.29, 0.717) is 54.4 Å². The molecule has 7 heteroatoms. The Bertz CT molecular complexity index is 1050. The highest BCUT2D eigenvalue weighted by molar-refractivity contribution is 6.36. The Morgan fingerprint density at radius 1 is 0.886 bits per heavy atom. The Labute approximate surface area is 217 Å². The fourth-order valence-corrected chi connectivity index (χ4v) is 6.37. The van der Waals surface area contributed by atoms with Gasteiger partial charge >= 0.3 is 0 Å². The number of morpholine rings is 1. The van der Waals surface area contributed by atoms with Crippen molar-refractivity contribution in [3.05, 3.63) is 57.6 Å². The second-order valence-electron chi connectivity index (χ2n) is 9.95. The zero-order valence-electron chi connectivity index (χ0n) is 20.0. The molecule has 0 bridgehead atoms. The zero-order chi connectivity index (χ0) is 24.4. The summed E-state index contributed by atoms with van der Waals surface area (Å²) in [6.45, 7) is 3.62. The summed E-state index contributed by atoms with van der Waals surface area (Å²) < 4.78 is 5.33. The number of hydrogen-bond donors (Lipinski definition) is 0. The van der Waals surface area contributed by atoms with E-state index in [9.17, 15) is 9.59 Å². The van der Waals surface area contributed by atoms with Crippen LogP contribution in [0.25, 0.3) is 11.1 Å².